The number of rotatable bonds is 2. The lowest BCUT2D eigenvalue weighted by molar-refractivity contribution is 1.43. The molecule has 0 spiro atoms. The summed E-state index contributed by atoms with van der Waals surface area (Å²) in [6.45, 7) is 9.14. The second-order valence-corrected chi connectivity index (χ2v) is 10.2. The maximum atomic E-state index is 2.39. The molecule has 1 aliphatic rings. The molecule has 0 fully saturated rings. The Hall–Kier alpha value is -2.37. The van der Waals surface area contributed by atoms with Crippen LogP contribution in [0, 0.1) is 27.7 Å². The normalized spacial score (nSPS) is 15.4. The van der Waals surface area contributed by atoms with Crippen molar-refractivity contribution < 1.29 is 0 Å². The summed E-state index contributed by atoms with van der Waals surface area (Å²) < 4.78 is 0. The molecule has 1 heterocycles. The van der Waals surface area contributed by atoms with Gasteiger partial charge in [-0.25, -0.2) is 0 Å². The molecule has 1 unspecified atom stereocenters. The summed E-state index contributed by atoms with van der Waals surface area (Å²) in [6.07, 6.45) is 0.428. The Kier molecular flexibility index (Phi) is 4.18. The van der Waals surface area contributed by atoms with Crippen LogP contribution in [0.4, 0.5) is 0 Å². The van der Waals surface area contributed by atoms with E-state index in [4.69, 9.17) is 0 Å². The van der Waals surface area contributed by atoms with Crippen molar-refractivity contribution in [2.45, 2.75) is 27.7 Å². The number of hydrogen-bond acceptors (Lipinski definition) is 0. The predicted molar refractivity (Wildman–Crippen MR) is 127 cm³/mol. The first-order chi connectivity index (χ1) is 13.6. The third kappa shape index (κ3) is 2.50. The van der Waals surface area contributed by atoms with Crippen LogP contribution in [0.15, 0.2) is 72.8 Å². The SMILES string of the molecule is Cc1cccc(C)c1B1c2cccc3cccc(c23)P1c1c(C)cccc1C. The van der Waals surface area contributed by atoms with Gasteiger partial charge >= 0.3 is 0 Å². The van der Waals surface area contributed by atoms with Gasteiger partial charge in [-0.05, 0) is 60.2 Å². The van der Waals surface area contributed by atoms with Crippen molar-refractivity contribution in [3.05, 3.63) is 95.1 Å². The fourth-order valence-corrected chi connectivity index (χ4v) is 8.63. The van der Waals surface area contributed by atoms with Gasteiger partial charge in [-0.3, -0.25) is 0 Å². The van der Waals surface area contributed by atoms with E-state index in [0.717, 1.165) is 0 Å². The molecule has 2 heteroatoms. The van der Waals surface area contributed by atoms with Gasteiger partial charge in [-0.15, -0.1) is 0 Å². The van der Waals surface area contributed by atoms with Crippen LogP contribution in [0.1, 0.15) is 22.3 Å². The van der Waals surface area contributed by atoms with E-state index in [-0.39, 0.29) is 0 Å². The Morgan fingerprint density at radius 2 is 1.14 bits per heavy atom. The highest BCUT2D eigenvalue weighted by molar-refractivity contribution is 8.05. The summed E-state index contributed by atoms with van der Waals surface area (Å²) in [5.74, 6) is 0. The van der Waals surface area contributed by atoms with E-state index in [1.165, 1.54) is 44.0 Å². The van der Waals surface area contributed by atoms with E-state index < -0.39 is 7.80 Å². The van der Waals surface area contributed by atoms with Crippen LogP contribution < -0.4 is 21.5 Å². The first-order valence-electron chi connectivity index (χ1n) is 10.0. The second kappa shape index (κ2) is 6.61. The van der Waals surface area contributed by atoms with Crippen LogP contribution >= 0.6 is 7.80 Å². The Morgan fingerprint density at radius 3 is 1.79 bits per heavy atom. The van der Waals surface area contributed by atoms with Crippen molar-refractivity contribution in [3.8, 4) is 0 Å². The molecule has 1 aliphatic heterocycles. The average molecular weight is 378 g/mol. The Labute approximate surface area is 169 Å². The molecule has 136 valence electrons. The maximum Gasteiger partial charge on any atom is 0.248 e. The first-order valence-corrected chi connectivity index (χ1v) is 11.4. The van der Waals surface area contributed by atoms with E-state index in [0.29, 0.717) is 6.43 Å². The Balaban J connectivity index is 1.90. The highest BCUT2D eigenvalue weighted by Crippen LogP contribution is 2.45. The van der Waals surface area contributed by atoms with E-state index in [1.807, 2.05) is 0 Å². The lowest BCUT2D eigenvalue weighted by atomic mass is 9.58. The van der Waals surface area contributed by atoms with Crippen LogP contribution in [-0.2, 0) is 0 Å². The highest BCUT2D eigenvalue weighted by atomic mass is 31.1. The van der Waals surface area contributed by atoms with Crippen LogP contribution in [0.3, 0.4) is 0 Å². The topological polar surface area (TPSA) is 0 Å². The van der Waals surface area contributed by atoms with Crippen molar-refractivity contribution in [3.63, 3.8) is 0 Å². The zero-order valence-electron chi connectivity index (χ0n) is 17.0. The fourth-order valence-electron chi connectivity index (χ4n) is 5.03. The fraction of sp³-hybridized carbons (Fsp3) is 0.154. The minimum atomic E-state index is -0.499. The van der Waals surface area contributed by atoms with Gasteiger partial charge in [0.05, 0.1) is 0 Å². The Morgan fingerprint density at radius 1 is 0.607 bits per heavy atom. The third-order valence-corrected chi connectivity index (χ3v) is 9.35. The smallest absolute Gasteiger partial charge is 0.0663 e. The van der Waals surface area contributed by atoms with Crippen molar-refractivity contribution in [1.82, 2.24) is 0 Å². The molecule has 0 aliphatic carbocycles. The zero-order valence-corrected chi connectivity index (χ0v) is 17.8. The largest absolute Gasteiger partial charge is 0.248 e. The van der Waals surface area contributed by atoms with E-state index in [2.05, 4.69) is 100 Å². The molecule has 0 saturated heterocycles. The third-order valence-electron chi connectivity index (χ3n) is 6.22. The minimum Gasteiger partial charge on any atom is -0.0663 e. The molecule has 0 saturated carbocycles. The van der Waals surface area contributed by atoms with Crippen LogP contribution in [0.25, 0.3) is 10.8 Å². The quantitative estimate of drug-likeness (QED) is 0.353. The molecule has 0 nitrogen and oxygen atoms in total. The lowest BCUT2D eigenvalue weighted by Crippen LogP contribution is -2.44. The highest BCUT2D eigenvalue weighted by Gasteiger charge is 2.41. The predicted octanol–water partition coefficient (Wildman–Crippen LogP) is 4.63. The Bertz CT molecular complexity index is 1090. The van der Waals surface area contributed by atoms with E-state index >= 15 is 0 Å². The minimum absolute atomic E-state index is 0.428. The molecule has 4 aromatic carbocycles. The maximum absolute atomic E-state index is 2.39. The van der Waals surface area contributed by atoms with Crippen LogP contribution in [-0.4, -0.2) is 6.43 Å². The summed E-state index contributed by atoms with van der Waals surface area (Å²) in [7, 11) is -0.499. The van der Waals surface area contributed by atoms with Crippen molar-refractivity contribution in [2.75, 3.05) is 0 Å². The number of hydrogen-bond donors (Lipinski definition) is 0. The summed E-state index contributed by atoms with van der Waals surface area (Å²) in [5, 5.41) is 5.98. The summed E-state index contributed by atoms with van der Waals surface area (Å²) in [5.41, 5.74) is 8.71. The van der Waals surface area contributed by atoms with Gasteiger partial charge in [-0.1, -0.05) is 103 Å². The van der Waals surface area contributed by atoms with Gasteiger partial charge in [0, 0.05) is 0 Å². The zero-order chi connectivity index (χ0) is 19.4. The van der Waals surface area contributed by atoms with Gasteiger partial charge < -0.3 is 0 Å². The van der Waals surface area contributed by atoms with E-state index in [9.17, 15) is 0 Å². The van der Waals surface area contributed by atoms with Gasteiger partial charge in [0.1, 0.15) is 0 Å². The van der Waals surface area contributed by atoms with Crippen LogP contribution in [0.2, 0.25) is 0 Å². The molecule has 0 amide bonds. The van der Waals surface area contributed by atoms with Gasteiger partial charge in [0.25, 0.3) is 0 Å². The summed E-state index contributed by atoms with van der Waals surface area (Å²) in [6, 6.07) is 27.3. The van der Waals surface area contributed by atoms with Crippen molar-refractivity contribution in [2.24, 2.45) is 0 Å². The summed E-state index contributed by atoms with van der Waals surface area (Å²) in [4.78, 5) is 0. The molecule has 0 N–H and O–H groups in total. The van der Waals surface area contributed by atoms with Crippen LogP contribution in [0.5, 0.6) is 0 Å². The van der Waals surface area contributed by atoms with Crippen molar-refractivity contribution >= 4 is 46.5 Å². The molecule has 5 rings (SSSR count). The number of benzene rings is 4. The van der Waals surface area contributed by atoms with Gasteiger partial charge in [-0.2, -0.15) is 0 Å². The molecule has 0 bridgehead atoms. The average Bonchev–Trinajstić information content (AvgIpc) is 2.98. The number of aryl methyl sites for hydroxylation is 4. The molecule has 0 radical (unpaired) electrons. The molecule has 28 heavy (non-hydrogen) atoms. The molecule has 4 aromatic rings. The summed E-state index contributed by atoms with van der Waals surface area (Å²) >= 11 is 0. The van der Waals surface area contributed by atoms with Crippen molar-refractivity contribution in [1.29, 1.82) is 0 Å². The first kappa shape index (κ1) is 17.7. The molecule has 1 atom stereocenters. The monoisotopic (exact) mass is 378 g/mol. The molecular weight excluding hydrogens is 354 g/mol. The molecular formula is C26H24BP. The second-order valence-electron chi connectivity index (χ2n) is 8.04. The van der Waals surface area contributed by atoms with Gasteiger partial charge in [0.2, 0.25) is 6.43 Å². The van der Waals surface area contributed by atoms with E-state index in [1.54, 1.807) is 10.6 Å². The lowest BCUT2D eigenvalue weighted by Gasteiger charge is -2.26. The standard InChI is InChI=1S/C26H24BP/c1-17-9-5-10-18(2)25(17)27-22-15-7-13-21-14-8-16-23(24(21)22)28(27)26-19(3)11-6-12-20(26)4/h5-16H,1-4H3. The van der Waals surface area contributed by atoms with Gasteiger partial charge in [0.15, 0.2) is 0 Å². The molecule has 0 aromatic heterocycles.